The van der Waals surface area contributed by atoms with E-state index >= 15 is 0 Å². The molecule has 0 spiro atoms. The maximum absolute atomic E-state index is 12.7. The van der Waals surface area contributed by atoms with Crippen molar-refractivity contribution in [1.29, 1.82) is 0 Å². The molecule has 1 heterocycles. The molecule has 0 bridgehead atoms. The van der Waals surface area contributed by atoms with Crippen molar-refractivity contribution < 1.29 is 24.0 Å². The van der Waals surface area contributed by atoms with Gasteiger partial charge in [-0.25, -0.2) is 4.79 Å². The minimum Gasteiger partial charge on any atom is -0.489 e. The van der Waals surface area contributed by atoms with Gasteiger partial charge in [0.2, 0.25) is 5.91 Å². The second-order valence-electron chi connectivity index (χ2n) is 8.05. The summed E-state index contributed by atoms with van der Waals surface area (Å²) in [7, 11) is 0. The van der Waals surface area contributed by atoms with Gasteiger partial charge in [0, 0.05) is 29.2 Å². The number of carbonyl (C=O) groups excluding carboxylic acids is 2. The van der Waals surface area contributed by atoms with Gasteiger partial charge in [0.25, 0.3) is 5.69 Å². The highest BCUT2D eigenvalue weighted by Crippen LogP contribution is 2.37. The minimum atomic E-state index is -0.624. The van der Waals surface area contributed by atoms with E-state index in [2.05, 4.69) is 5.32 Å². The number of anilines is 1. The van der Waals surface area contributed by atoms with E-state index in [1.165, 1.54) is 18.2 Å². The molecule has 192 valence electrons. The van der Waals surface area contributed by atoms with E-state index < -0.39 is 16.8 Å². The maximum atomic E-state index is 12.7. The number of hydrogen-bond acceptors (Lipinski definition) is 7. The van der Waals surface area contributed by atoms with Crippen molar-refractivity contribution in [2.75, 3.05) is 11.9 Å². The zero-order valence-corrected chi connectivity index (χ0v) is 21.3. The molecular formula is C29H24N2O6S. The molecule has 38 heavy (non-hydrogen) atoms. The van der Waals surface area contributed by atoms with Crippen molar-refractivity contribution in [3.8, 4) is 16.9 Å². The Morgan fingerprint density at radius 2 is 1.79 bits per heavy atom. The van der Waals surface area contributed by atoms with E-state index in [0.29, 0.717) is 28.5 Å². The molecule has 3 aromatic carbocycles. The van der Waals surface area contributed by atoms with Gasteiger partial charge >= 0.3 is 5.97 Å². The summed E-state index contributed by atoms with van der Waals surface area (Å²) in [6.45, 7) is 2.28. The van der Waals surface area contributed by atoms with Crippen LogP contribution in [0.25, 0.3) is 17.2 Å². The molecule has 0 aliphatic heterocycles. The van der Waals surface area contributed by atoms with Crippen molar-refractivity contribution in [1.82, 2.24) is 0 Å². The van der Waals surface area contributed by atoms with E-state index in [4.69, 9.17) is 9.47 Å². The quantitative estimate of drug-likeness (QED) is 0.106. The van der Waals surface area contributed by atoms with Gasteiger partial charge in [-0.1, -0.05) is 54.6 Å². The molecule has 9 heteroatoms. The van der Waals surface area contributed by atoms with E-state index in [0.717, 1.165) is 22.5 Å². The average molecular weight is 529 g/mol. The highest BCUT2D eigenvalue weighted by molar-refractivity contribution is 7.15. The lowest BCUT2D eigenvalue weighted by molar-refractivity contribution is -0.384. The number of hydrogen-bond donors (Lipinski definition) is 1. The summed E-state index contributed by atoms with van der Waals surface area (Å²) in [5, 5.41) is 15.9. The topological polar surface area (TPSA) is 108 Å². The zero-order valence-electron chi connectivity index (χ0n) is 20.5. The van der Waals surface area contributed by atoms with Crippen LogP contribution in [0, 0.1) is 10.1 Å². The number of nitrogens with zero attached hydrogens (tertiary/aromatic N) is 1. The summed E-state index contributed by atoms with van der Waals surface area (Å²) < 4.78 is 11.0. The summed E-state index contributed by atoms with van der Waals surface area (Å²) in [4.78, 5) is 36.1. The first-order valence-electron chi connectivity index (χ1n) is 11.7. The number of nitro benzene ring substituents is 1. The Labute approximate surface area is 223 Å². The summed E-state index contributed by atoms with van der Waals surface area (Å²) in [5.74, 6) is -0.352. The molecule has 0 aliphatic carbocycles. The van der Waals surface area contributed by atoms with Crippen molar-refractivity contribution >= 4 is 40.0 Å². The van der Waals surface area contributed by atoms with Gasteiger partial charge in [-0.3, -0.25) is 14.9 Å². The molecule has 8 nitrogen and oxygen atoms in total. The molecule has 4 rings (SSSR count). The summed E-state index contributed by atoms with van der Waals surface area (Å²) >= 11 is 1.14. The van der Waals surface area contributed by atoms with Crippen LogP contribution in [0.15, 0.2) is 90.3 Å². The maximum Gasteiger partial charge on any atom is 0.341 e. The Balaban J connectivity index is 1.46. The fraction of sp³-hybridized carbons (Fsp3) is 0.103. The van der Waals surface area contributed by atoms with Gasteiger partial charge in [0.05, 0.1) is 11.5 Å². The second kappa shape index (κ2) is 12.5. The van der Waals surface area contributed by atoms with Gasteiger partial charge in [0.15, 0.2) is 0 Å². The Morgan fingerprint density at radius 3 is 2.50 bits per heavy atom. The molecule has 1 aromatic heterocycles. The Kier molecular flexibility index (Phi) is 8.63. The lowest BCUT2D eigenvalue weighted by Crippen LogP contribution is -2.12. The molecule has 0 saturated carbocycles. The lowest BCUT2D eigenvalue weighted by Gasteiger charge is -2.08. The number of amides is 1. The summed E-state index contributed by atoms with van der Waals surface area (Å²) in [5.41, 5.74) is 2.83. The molecule has 0 fully saturated rings. The standard InChI is InChI=1S/C29H24N2O6S/c1-2-36-29(33)27-25(22-9-6-10-23(17-22)31(34)35)19-38-28(27)30-26(32)16-13-20-11-14-24(15-12-20)37-18-21-7-4-3-5-8-21/h3-17,19H,2,18H2,1H3,(H,30,32)/b16-13+. The number of nitro groups is 1. The monoisotopic (exact) mass is 528 g/mol. The highest BCUT2D eigenvalue weighted by atomic mass is 32.1. The first-order valence-corrected chi connectivity index (χ1v) is 12.6. The van der Waals surface area contributed by atoms with Gasteiger partial charge < -0.3 is 14.8 Å². The summed E-state index contributed by atoms with van der Waals surface area (Å²) in [6, 6.07) is 23.1. The Bertz CT molecular complexity index is 1460. The van der Waals surface area contributed by atoms with Crippen LogP contribution in [0.3, 0.4) is 0 Å². The van der Waals surface area contributed by atoms with Crippen LogP contribution in [0.2, 0.25) is 0 Å². The highest BCUT2D eigenvalue weighted by Gasteiger charge is 2.23. The van der Waals surface area contributed by atoms with Crippen LogP contribution < -0.4 is 10.1 Å². The van der Waals surface area contributed by atoms with Crippen molar-refractivity contribution in [2.24, 2.45) is 0 Å². The van der Waals surface area contributed by atoms with Crippen LogP contribution in [0.5, 0.6) is 5.75 Å². The number of non-ortho nitro benzene ring substituents is 1. The van der Waals surface area contributed by atoms with E-state index in [1.807, 2.05) is 54.6 Å². The third kappa shape index (κ3) is 6.71. The first-order chi connectivity index (χ1) is 18.4. The third-order valence-electron chi connectivity index (χ3n) is 5.43. The van der Waals surface area contributed by atoms with Crippen LogP contribution in [-0.2, 0) is 16.1 Å². The predicted octanol–water partition coefficient (Wildman–Crippen LogP) is 6.73. The third-order valence-corrected chi connectivity index (χ3v) is 6.33. The molecule has 1 N–H and O–H groups in total. The van der Waals surface area contributed by atoms with Gasteiger partial charge in [-0.2, -0.15) is 0 Å². The number of rotatable bonds is 10. The fourth-order valence-electron chi connectivity index (χ4n) is 3.60. The van der Waals surface area contributed by atoms with E-state index in [-0.39, 0.29) is 17.9 Å². The summed E-state index contributed by atoms with van der Waals surface area (Å²) in [6.07, 6.45) is 3.01. The SMILES string of the molecule is CCOC(=O)c1c(-c2cccc([N+](=O)[O-])c2)csc1NC(=O)/C=C/c1ccc(OCc2ccccc2)cc1. The molecule has 4 aromatic rings. The molecule has 0 unspecified atom stereocenters. The van der Waals surface area contributed by atoms with Crippen molar-refractivity contribution in [3.05, 3.63) is 117 Å². The number of nitrogens with one attached hydrogen (secondary N) is 1. The minimum absolute atomic E-state index is 0.103. The fourth-order valence-corrected chi connectivity index (χ4v) is 4.56. The Hall–Kier alpha value is -4.76. The van der Waals surface area contributed by atoms with Crippen LogP contribution in [0.4, 0.5) is 10.7 Å². The van der Waals surface area contributed by atoms with Gasteiger partial charge in [-0.05, 0) is 41.8 Å². The van der Waals surface area contributed by atoms with Crippen LogP contribution >= 0.6 is 11.3 Å². The molecular weight excluding hydrogens is 504 g/mol. The molecule has 0 aliphatic rings. The Morgan fingerprint density at radius 1 is 1.03 bits per heavy atom. The van der Waals surface area contributed by atoms with Crippen LogP contribution in [0.1, 0.15) is 28.4 Å². The smallest absolute Gasteiger partial charge is 0.341 e. The first kappa shape index (κ1) is 26.3. The molecule has 1 amide bonds. The van der Waals surface area contributed by atoms with E-state index in [9.17, 15) is 19.7 Å². The van der Waals surface area contributed by atoms with Crippen LogP contribution in [-0.4, -0.2) is 23.4 Å². The van der Waals surface area contributed by atoms with Gasteiger partial charge in [-0.15, -0.1) is 11.3 Å². The number of thiophene rings is 1. The lowest BCUT2D eigenvalue weighted by atomic mass is 10.0. The van der Waals surface area contributed by atoms with Crippen molar-refractivity contribution in [2.45, 2.75) is 13.5 Å². The normalized spacial score (nSPS) is 10.8. The second-order valence-corrected chi connectivity index (χ2v) is 8.93. The number of esters is 1. The number of carbonyl (C=O) groups is 2. The zero-order chi connectivity index (χ0) is 26.9. The predicted molar refractivity (Wildman–Crippen MR) is 147 cm³/mol. The van der Waals surface area contributed by atoms with Crippen molar-refractivity contribution in [3.63, 3.8) is 0 Å². The molecule has 0 saturated heterocycles. The van der Waals surface area contributed by atoms with Gasteiger partial charge in [0.1, 0.15) is 22.9 Å². The molecule has 0 atom stereocenters. The van der Waals surface area contributed by atoms with E-state index in [1.54, 1.807) is 30.5 Å². The number of ether oxygens (including phenoxy) is 2. The number of benzene rings is 3. The largest absolute Gasteiger partial charge is 0.489 e. The average Bonchev–Trinajstić information content (AvgIpc) is 3.35. The molecule has 0 radical (unpaired) electrons.